The lowest BCUT2D eigenvalue weighted by Gasteiger charge is -2.43. The number of carbonyl (C=O) groups is 1. The Kier molecular flexibility index (Phi) is 5.91. The topological polar surface area (TPSA) is 64.1 Å². The minimum Gasteiger partial charge on any atom is -0.496 e. The van der Waals surface area contributed by atoms with Crippen molar-refractivity contribution in [2.24, 2.45) is 0 Å². The molecular weight excluding hydrogens is 378 g/mol. The molecule has 2 aromatic rings. The Morgan fingerprint density at radius 3 is 2.93 bits per heavy atom. The molecule has 0 bridgehead atoms. The lowest BCUT2D eigenvalue weighted by Crippen LogP contribution is -2.59. The molecule has 1 aromatic heterocycles. The molecule has 1 atom stereocenters. The van der Waals surface area contributed by atoms with Crippen molar-refractivity contribution in [2.45, 2.75) is 18.8 Å². The zero-order valence-corrected chi connectivity index (χ0v) is 16.8. The van der Waals surface area contributed by atoms with Crippen molar-refractivity contribution >= 4 is 17.2 Å². The number of amides is 1. The smallest absolute Gasteiger partial charge is 0.283 e. The summed E-state index contributed by atoms with van der Waals surface area (Å²) in [7, 11) is 1.69. The number of methoxy groups -OCH3 is 1. The van der Waals surface area contributed by atoms with Crippen LogP contribution in [-0.2, 0) is 16.0 Å². The molecular formula is C20H25N3O4S. The fourth-order valence-corrected chi connectivity index (χ4v) is 4.40. The molecule has 8 heteroatoms. The maximum absolute atomic E-state index is 12.8. The average Bonchev–Trinajstić information content (AvgIpc) is 3.19. The summed E-state index contributed by atoms with van der Waals surface area (Å²) in [5.74, 6) is 0.0256. The summed E-state index contributed by atoms with van der Waals surface area (Å²) in [6, 6.07) is 8.05. The van der Waals surface area contributed by atoms with Crippen molar-refractivity contribution in [3.63, 3.8) is 0 Å². The van der Waals surface area contributed by atoms with E-state index in [1.54, 1.807) is 18.2 Å². The second-order valence-corrected chi connectivity index (χ2v) is 7.94. The number of morpholine rings is 1. The van der Waals surface area contributed by atoms with Crippen LogP contribution in [0.4, 0.5) is 0 Å². The second-order valence-electron chi connectivity index (χ2n) is 7.05. The molecule has 1 unspecified atom stereocenters. The number of hydrogen-bond acceptors (Lipinski definition) is 7. The molecule has 4 rings (SSSR count). The zero-order chi connectivity index (χ0) is 19.4. The third kappa shape index (κ3) is 4.20. The highest BCUT2D eigenvalue weighted by molar-refractivity contribution is 7.11. The molecule has 3 heterocycles. The summed E-state index contributed by atoms with van der Waals surface area (Å²) in [4.78, 5) is 21.0. The minimum atomic E-state index is -0.802. The summed E-state index contributed by atoms with van der Waals surface area (Å²) >= 11 is 1.36. The van der Waals surface area contributed by atoms with E-state index in [4.69, 9.17) is 14.2 Å². The largest absolute Gasteiger partial charge is 0.496 e. The third-order valence-corrected chi connectivity index (χ3v) is 5.86. The Morgan fingerprint density at radius 2 is 2.11 bits per heavy atom. The number of nitrogens with zero attached hydrogens (tertiary/aromatic N) is 3. The van der Waals surface area contributed by atoms with Gasteiger partial charge in [-0.15, -0.1) is 11.3 Å². The summed E-state index contributed by atoms with van der Waals surface area (Å²) in [5.41, 5.74) is 1.13. The molecule has 28 heavy (non-hydrogen) atoms. The zero-order valence-electron chi connectivity index (χ0n) is 16.0. The predicted molar refractivity (Wildman–Crippen MR) is 106 cm³/mol. The van der Waals surface area contributed by atoms with Gasteiger partial charge in [0.25, 0.3) is 5.91 Å². The summed E-state index contributed by atoms with van der Waals surface area (Å²) < 4.78 is 17.7. The van der Waals surface area contributed by atoms with E-state index in [-0.39, 0.29) is 5.91 Å². The second kappa shape index (κ2) is 8.57. The van der Waals surface area contributed by atoms with Gasteiger partial charge in [-0.3, -0.25) is 9.69 Å². The van der Waals surface area contributed by atoms with Crippen LogP contribution >= 0.6 is 11.3 Å². The molecule has 150 valence electrons. The van der Waals surface area contributed by atoms with Crippen LogP contribution in [0.3, 0.4) is 0 Å². The fraction of sp³-hybridized carbons (Fsp3) is 0.500. The van der Waals surface area contributed by atoms with Crippen molar-refractivity contribution in [3.8, 4) is 5.75 Å². The SMILES string of the molecule is COc1ccccc1CN1CCCOC2(C1)CN(C(=O)c1nccs1)CCO2. The van der Waals surface area contributed by atoms with E-state index in [0.29, 0.717) is 37.9 Å². The van der Waals surface area contributed by atoms with Crippen LogP contribution in [0.15, 0.2) is 35.8 Å². The summed E-state index contributed by atoms with van der Waals surface area (Å²) in [6.07, 6.45) is 2.58. The number of hydrogen-bond donors (Lipinski definition) is 0. The number of rotatable bonds is 4. The van der Waals surface area contributed by atoms with Crippen LogP contribution in [0.5, 0.6) is 5.75 Å². The number of ether oxygens (including phenoxy) is 3. The van der Waals surface area contributed by atoms with Crippen molar-refractivity contribution in [2.75, 3.05) is 46.5 Å². The first-order valence-corrected chi connectivity index (χ1v) is 10.4. The van der Waals surface area contributed by atoms with Crippen LogP contribution in [-0.4, -0.2) is 73.0 Å². The van der Waals surface area contributed by atoms with Gasteiger partial charge in [0.1, 0.15) is 5.75 Å². The first-order chi connectivity index (χ1) is 13.7. The number of para-hydroxylation sites is 1. The Hall–Kier alpha value is -2.00. The van der Waals surface area contributed by atoms with Crippen molar-refractivity contribution in [3.05, 3.63) is 46.4 Å². The molecule has 2 fully saturated rings. The highest BCUT2D eigenvalue weighted by atomic mass is 32.1. The molecule has 2 saturated heterocycles. The molecule has 0 saturated carbocycles. The van der Waals surface area contributed by atoms with E-state index in [1.807, 2.05) is 23.6 Å². The monoisotopic (exact) mass is 403 g/mol. The molecule has 0 N–H and O–H groups in total. The molecule has 1 amide bonds. The number of carbonyl (C=O) groups excluding carboxylic acids is 1. The third-order valence-electron chi connectivity index (χ3n) is 5.10. The molecule has 2 aliphatic heterocycles. The molecule has 2 aliphatic rings. The van der Waals surface area contributed by atoms with Gasteiger partial charge in [0, 0.05) is 36.8 Å². The van der Waals surface area contributed by atoms with Crippen LogP contribution in [0.2, 0.25) is 0 Å². The first-order valence-electron chi connectivity index (χ1n) is 9.50. The van der Waals surface area contributed by atoms with Crippen LogP contribution in [0.25, 0.3) is 0 Å². The highest BCUT2D eigenvalue weighted by Gasteiger charge is 2.42. The lowest BCUT2D eigenvalue weighted by molar-refractivity contribution is -0.261. The summed E-state index contributed by atoms with van der Waals surface area (Å²) in [6.45, 7) is 4.29. The maximum Gasteiger partial charge on any atom is 0.283 e. The van der Waals surface area contributed by atoms with Crippen molar-refractivity contribution in [1.29, 1.82) is 0 Å². The van der Waals surface area contributed by atoms with E-state index in [0.717, 1.165) is 30.8 Å². The Morgan fingerprint density at radius 1 is 1.25 bits per heavy atom. The molecule has 1 spiro atoms. The van der Waals surface area contributed by atoms with E-state index in [9.17, 15) is 4.79 Å². The van der Waals surface area contributed by atoms with Gasteiger partial charge in [0.05, 0.1) is 33.4 Å². The highest BCUT2D eigenvalue weighted by Crippen LogP contribution is 2.28. The van der Waals surface area contributed by atoms with Crippen molar-refractivity contribution < 1.29 is 19.0 Å². The van der Waals surface area contributed by atoms with E-state index >= 15 is 0 Å². The fourth-order valence-electron chi connectivity index (χ4n) is 3.80. The predicted octanol–water partition coefficient (Wildman–Crippen LogP) is 2.24. The standard InChI is InChI=1S/C20H25N3O4S/c1-25-17-6-3-2-5-16(17)13-22-8-4-10-26-20(14-22)15-23(9-11-27-20)19(24)18-21-7-12-28-18/h2-3,5-7,12H,4,8-11,13-15H2,1H3. The number of thiazole rings is 1. The van der Waals surface area contributed by atoms with Gasteiger partial charge in [-0.25, -0.2) is 4.98 Å². The Balaban J connectivity index is 1.49. The van der Waals surface area contributed by atoms with Gasteiger partial charge in [-0.05, 0) is 12.5 Å². The van der Waals surface area contributed by atoms with Gasteiger partial charge >= 0.3 is 0 Å². The maximum atomic E-state index is 12.8. The average molecular weight is 404 g/mol. The molecule has 0 radical (unpaired) electrons. The Bertz CT molecular complexity index is 801. The normalized spacial score (nSPS) is 23.5. The van der Waals surface area contributed by atoms with E-state index in [2.05, 4.69) is 16.0 Å². The number of benzene rings is 1. The first kappa shape index (κ1) is 19.3. The number of aromatic nitrogens is 1. The van der Waals surface area contributed by atoms with Gasteiger partial charge in [0.15, 0.2) is 10.8 Å². The van der Waals surface area contributed by atoms with Crippen molar-refractivity contribution in [1.82, 2.24) is 14.8 Å². The van der Waals surface area contributed by atoms with Gasteiger partial charge in [0.2, 0.25) is 0 Å². The minimum absolute atomic E-state index is 0.0539. The van der Waals surface area contributed by atoms with Crippen LogP contribution in [0.1, 0.15) is 21.8 Å². The van der Waals surface area contributed by atoms with Gasteiger partial charge in [-0.2, -0.15) is 0 Å². The Labute approximate surface area is 168 Å². The lowest BCUT2D eigenvalue weighted by atomic mass is 10.1. The van der Waals surface area contributed by atoms with Crippen LogP contribution < -0.4 is 4.74 Å². The van der Waals surface area contributed by atoms with E-state index < -0.39 is 5.79 Å². The van der Waals surface area contributed by atoms with E-state index in [1.165, 1.54) is 11.3 Å². The summed E-state index contributed by atoms with van der Waals surface area (Å²) in [5, 5.41) is 2.33. The molecule has 0 aliphatic carbocycles. The molecule has 7 nitrogen and oxygen atoms in total. The van der Waals surface area contributed by atoms with Crippen LogP contribution in [0, 0.1) is 0 Å². The quantitative estimate of drug-likeness (QED) is 0.780. The molecule has 1 aromatic carbocycles. The van der Waals surface area contributed by atoms with Gasteiger partial charge in [-0.1, -0.05) is 18.2 Å². The van der Waals surface area contributed by atoms with Gasteiger partial charge < -0.3 is 19.1 Å².